The summed E-state index contributed by atoms with van der Waals surface area (Å²) in [6.45, 7) is 6.13. The van der Waals surface area contributed by atoms with Crippen LogP contribution in [0.3, 0.4) is 0 Å². The van der Waals surface area contributed by atoms with Crippen LogP contribution in [0.5, 0.6) is 0 Å². The average Bonchev–Trinajstić information content (AvgIpc) is 2.96. The second-order valence-electron chi connectivity index (χ2n) is 4.46. The summed E-state index contributed by atoms with van der Waals surface area (Å²) in [5.74, 6) is 0.529. The smallest absolute Gasteiger partial charge is 0.227 e. The molecular weight excluding hydrogens is 234 g/mol. The van der Waals surface area contributed by atoms with E-state index >= 15 is 0 Å². The maximum absolute atomic E-state index is 12.0. The highest BCUT2D eigenvalue weighted by Crippen LogP contribution is 2.14. The van der Waals surface area contributed by atoms with Crippen LogP contribution in [0.1, 0.15) is 18.4 Å². The van der Waals surface area contributed by atoms with E-state index in [1.54, 1.807) is 0 Å². The van der Waals surface area contributed by atoms with Gasteiger partial charge in [-0.25, -0.2) is 0 Å². The van der Waals surface area contributed by atoms with Gasteiger partial charge in [-0.1, -0.05) is 12.1 Å². The van der Waals surface area contributed by atoms with Crippen molar-refractivity contribution in [3.05, 3.63) is 17.5 Å². The average molecular weight is 253 g/mol. The van der Waals surface area contributed by atoms with Crippen molar-refractivity contribution in [3.8, 4) is 0 Å². The Kier molecular flexibility index (Phi) is 4.33. The van der Waals surface area contributed by atoms with Crippen LogP contribution in [0.15, 0.2) is 10.6 Å². The number of nitrogens with one attached hydrogen (secondary N) is 2. The molecule has 1 aliphatic heterocycles. The van der Waals surface area contributed by atoms with Crippen molar-refractivity contribution in [2.75, 3.05) is 19.8 Å². The molecule has 1 amide bonds. The quantitative estimate of drug-likeness (QED) is 0.785. The van der Waals surface area contributed by atoms with Crippen molar-refractivity contribution in [2.24, 2.45) is 5.92 Å². The first-order chi connectivity index (χ1) is 8.70. The highest BCUT2D eigenvalue weighted by molar-refractivity contribution is 5.79. The van der Waals surface area contributed by atoms with E-state index in [9.17, 15) is 4.79 Å². The molecule has 1 fully saturated rings. The molecule has 0 aliphatic carbocycles. The monoisotopic (exact) mass is 253 g/mol. The van der Waals surface area contributed by atoms with Crippen LogP contribution < -0.4 is 10.6 Å². The Hall–Kier alpha value is -1.40. The molecule has 0 bridgehead atoms. The van der Waals surface area contributed by atoms with Crippen molar-refractivity contribution in [3.63, 3.8) is 0 Å². The molecule has 1 aliphatic rings. The zero-order chi connectivity index (χ0) is 13.0. The second kappa shape index (κ2) is 5.97. The molecule has 2 heterocycles. The Morgan fingerprint density at radius 2 is 2.39 bits per heavy atom. The number of aromatic nitrogens is 1. The lowest BCUT2D eigenvalue weighted by atomic mass is 10.0. The van der Waals surface area contributed by atoms with E-state index in [0.29, 0.717) is 25.5 Å². The van der Waals surface area contributed by atoms with Crippen molar-refractivity contribution in [1.82, 2.24) is 15.8 Å². The second-order valence-corrected chi connectivity index (χ2v) is 4.46. The zero-order valence-corrected chi connectivity index (χ0v) is 10.7. The summed E-state index contributed by atoms with van der Waals surface area (Å²) in [6, 6.07) is 1.92. The Bertz CT molecular complexity index is 405. The summed E-state index contributed by atoms with van der Waals surface area (Å²) in [4.78, 5) is 12.0. The number of likely N-dealkylation sites (N-methyl/N-ethyl adjacent to an activating group) is 1. The van der Waals surface area contributed by atoms with E-state index in [0.717, 1.165) is 12.2 Å². The number of amides is 1. The van der Waals surface area contributed by atoms with Gasteiger partial charge in [0.2, 0.25) is 5.91 Å². The SMILES string of the molecule is CCNC1COCC1C(=O)NCc1cc(C)no1. The predicted octanol–water partition coefficient (Wildman–Crippen LogP) is 0.224. The van der Waals surface area contributed by atoms with Gasteiger partial charge in [0.05, 0.1) is 31.4 Å². The summed E-state index contributed by atoms with van der Waals surface area (Å²) < 4.78 is 10.4. The Morgan fingerprint density at radius 3 is 3.06 bits per heavy atom. The zero-order valence-electron chi connectivity index (χ0n) is 10.7. The molecule has 2 N–H and O–H groups in total. The third-order valence-corrected chi connectivity index (χ3v) is 3.00. The fourth-order valence-corrected chi connectivity index (χ4v) is 2.08. The van der Waals surface area contributed by atoms with Crippen LogP contribution >= 0.6 is 0 Å². The van der Waals surface area contributed by atoms with Gasteiger partial charge in [-0.3, -0.25) is 4.79 Å². The lowest BCUT2D eigenvalue weighted by Gasteiger charge is -2.17. The molecule has 0 aromatic carbocycles. The van der Waals surface area contributed by atoms with E-state index in [-0.39, 0.29) is 17.9 Å². The molecule has 2 atom stereocenters. The summed E-state index contributed by atoms with van der Waals surface area (Å²) in [7, 11) is 0. The number of rotatable bonds is 5. The first-order valence-corrected chi connectivity index (χ1v) is 6.21. The highest BCUT2D eigenvalue weighted by atomic mass is 16.5. The molecule has 1 saturated heterocycles. The van der Waals surface area contributed by atoms with Crippen LogP contribution in [0, 0.1) is 12.8 Å². The van der Waals surface area contributed by atoms with Gasteiger partial charge in [-0.2, -0.15) is 0 Å². The first-order valence-electron chi connectivity index (χ1n) is 6.21. The lowest BCUT2D eigenvalue weighted by molar-refractivity contribution is -0.125. The molecule has 1 aromatic heterocycles. The van der Waals surface area contributed by atoms with Crippen LogP contribution in [0.2, 0.25) is 0 Å². The fourth-order valence-electron chi connectivity index (χ4n) is 2.08. The van der Waals surface area contributed by atoms with Crippen molar-refractivity contribution >= 4 is 5.91 Å². The van der Waals surface area contributed by atoms with Gasteiger partial charge >= 0.3 is 0 Å². The van der Waals surface area contributed by atoms with E-state index in [1.807, 2.05) is 19.9 Å². The summed E-state index contributed by atoms with van der Waals surface area (Å²) in [5.41, 5.74) is 0.814. The summed E-state index contributed by atoms with van der Waals surface area (Å²) in [6.07, 6.45) is 0. The summed E-state index contributed by atoms with van der Waals surface area (Å²) in [5, 5.41) is 9.88. The number of nitrogens with zero attached hydrogens (tertiary/aromatic N) is 1. The Balaban J connectivity index is 1.83. The number of hydrogen-bond acceptors (Lipinski definition) is 5. The Labute approximate surface area is 106 Å². The standard InChI is InChI=1S/C12H19N3O3/c1-3-13-11-7-17-6-10(11)12(16)14-5-9-4-8(2)15-18-9/h4,10-11,13H,3,5-7H2,1-2H3,(H,14,16). The number of carbonyl (C=O) groups excluding carboxylic acids is 1. The Morgan fingerprint density at radius 1 is 1.56 bits per heavy atom. The number of ether oxygens (including phenoxy) is 1. The molecular formula is C12H19N3O3. The summed E-state index contributed by atoms with van der Waals surface area (Å²) >= 11 is 0. The third-order valence-electron chi connectivity index (χ3n) is 3.00. The van der Waals surface area contributed by atoms with E-state index in [4.69, 9.17) is 9.26 Å². The minimum atomic E-state index is -0.131. The minimum absolute atomic E-state index is 0.00694. The predicted molar refractivity (Wildman–Crippen MR) is 64.9 cm³/mol. The molecule has 2 unspecified atom stereocenters. The normalized spacial score (nSPS) is 23.2. The molecule has 2 rings (SSSR count). The van der Waals surface area contributed by atoms with E-state index < -0.39 is 0 Å². The lowest BCUT2D eigenvalue weighted by Crippen LogP contribution is -2.43. The maximum Gasteiger partial charge on any atom is 0.227 e. The minimum Gasteiger partial charge on any atom is -0.379 e. The molecule has 0 saturated carbocycles. The number of aryl methyl sites for hydroxylation is 1. The van der Waals surface area contributed by atoms with Gasteiger partial charge in [0.15, 0.2) is 5.76 Å². The fraction of sp³-hybridized carbons (Fsp3) is 0.667. The van der Waals surface area contributed by atoms with Gasteiger partial charge in [-0.15, -0.1) is 0 Å². The highest BCUT2D eigenvalue weighted by Gasteiger charge is 2.33. The van der Waals surface area contributed by atoms with E-state index in [1.165, 1.54) is 0 Å². The molecule has 100 valence electrons. The molecule has 0 spiro atoms. The largest absolute Gasteiger partial charge is 0.379 e. The van der Waals surface area contributed by atoms with Gasteiger partial charge in [0, 0.05) is 12.1 Å². The van der Waals surface area contributed by atoms with Crippen LogP contribution in [0.4, 0.5) is 0 Å². The molecule has 0 radical (unpaired) electrons. The number of carbonyl (C=O) groups is 1. The van der Waals surface area contributed by atoms with Crippen LogP contribution in [0.25, 0.3) is 0 Å². The molecule has 6 heteroatoms. The van der Waals surface area contributed by atoms with Gasteiger partial charge in [0.25, 0.3) is 0 Å². The van der Waals surface area contributed by atoms with Crippen molar-refractivity contribution < 1.29 is 14.1 Å². The molecule has 18 heavy (non-hydrogen) atoms. The third kappa shape index (κ3) is 3.08. The molecule has 1 aromatic rings. The first kappa shape index (κ1) is 13.0. The van der Waals surface area contributed by atoms with Gasteiger partial charge in [0.1, 0.15) is 0 Å². The van der Waals surface area contributed by atoms with Crippen LogP contribution in [-0.4, -0.2) is 36.9 Å². The van der Waals surface area contributed by atoms with Crippen molar-refractivity contribution in [1.29, 1.82) is 0 Å². The number of hydrogen-bond donors (Lipinski definition) is 2. The van der Waals surface area contributed by atoms with Crippen LogP contribution in [-0.2, 0) is 16.1 Å². The van der Waals surface area contributed by atoms with Crippen molar-refractivity contribution in [2.45, 2.75) is 26.4 Å². The topological polar surface area (TPSA) is 76.4 Å². The molecule has 6 nitrogen and oxygen atoms in total. The van der Waals surface area contributed by atoms with Gasteiger partial charge < -0.3 is 19.9 Å². The van der Waals surface area contributed by atoms with E-state index in [2.05, 4.69) is 15.8 Å². The maximum atomic E-state index is 12.0. The van der Waals surface area contributed by atoms with Gasteiger partial charge in [-0.05, 0) is 13.5 Å².